The van der Waals surface area contributed by atoms with Crippen molar-refractivity contribution in [2.45, 2.75) is 26.4 Å². The second kappa shape index (κ2) is 7.58. The van der Waals surface area contributed by atoms with Crippen molar-refractivity contribution >= 4 is 12.6 Å². The lowest BCUT2D eigenvalue weighted by Crippen LogP contribution is -2.32. The minimum absolute atomic E-state index is 0.237. The van der Waals surface area contributed by atoms with Gasteiger partial charge in [-0.15, -0.1) is 0 Å². The molecular weight excluding hydrogens is 218 g/mol. The molecule has 0 saturated carbocycles. The van der Waals surface area contributed by atoms with Crippen LogP contribution in [0.4, 0.5) is 0 Å². The summed E-state index contributed by atoms with van der Waals surface area (Å²) >= 11 is 4.16. The number of hydrogen-bond donors (Lipinski definition) is 2. The van der Waals surface area contributed by atoms with Crippen molar-refractivity contribution in [3.8, 4) is 5.75 Å². The first-order valence-electron chi connectivity index (χ1n) is 5.81. The van der Waals surface area contributed by atoms with Gasteiger partial charge in [0.15, 0.2) is 0 Å². The molecule has 1 aromatic carbocycles. The van der Waals surface area contributed by atoms with Crippen LogP contribution in [-0.2, 0) is 0 Å². The molecule has 0 spiro atoms. The Morgan fingerprint density at radius 3 is 2.75 bits per heavy atom. The topological polar surface area (TPSA) is 21.3 Å². The number of para-hydroxylation sites is 1. The smallest absolute Gasteiger partial charge is 0.122 e. The van der Waals surface area contributed by atoms with Crippen molar-refractivity contribution in [1.29, 1.82) is 0 Å². The van der Waals surface area contributed by atoms with Crippen LogP contribution in [0.15, 0.2) is 24.3 Å². The molecule has 1 N–H and O–H groups in total. The Kier molecular flexibility index (Phi) is 6.34. The zero-order chi connectivity index (χ0) is 11.8. The van der Waals surface area contributed by atoms with Gasteiger partial charge in [0.05, 0.1) is 0 Å². The second-order valence-electron chi connectivity index (χ2n) is 3.84. The Morgan fingerprint density at radius 2 is 2.12 bits per heavy atom. The summed E-state index contributed by atoms with van der Waals surface area (Å²) < 4.78 is 5.95. The predicted octanol–water partition coefficient (Wildman–Crippen LogP) is 2.67. The van der Waals surface area contributed by atoms with Crippen molar-refractivity contribution < 1.29 is 4.74 Å². The first-order chi connectivity index (χ1) is 7.77. The van der Waals surface area contributed by atoms with Crippen molar-refractivity contribution in [3.63, 3.8) is 0 Å². The molecule has 16 heavy (non-hydrogen) atoms. The van der Waals surface area contributed by atoms with Gasteiger partial charge in [-0.1, -0.05) is 25.1 Å². The second-order valence-corrected chi connectivity index (χ2v) is 4.29. The van der Waals surface area contributed by atoms with Crippen LogP contribution >= 0.6 is 12.6 Å². The fourth-order valence-corrected chi connectivity index (χ4v) is 1.64. The van der Waals surface area contributed by atoms with Crippen LogP contribution in [0.25, 0.3) is 0 Å². The summed E-state index contributed by atoms with van der Waals surface area (Å²) in [5, 5.41) is 3.32. The maximum atomic E-state index is 5.95. The fraction of sp³-hybridized carbons (Fsp3) is 0.538. The lowest BCUT2D eigenvalue weighted by Gasteiger charge is -2.19. The minimum atomic E-state index is 0.237. The molecule has 2 nitrogen and oxygen atoms in total. The summed E-state index contributed by atoms with van der Waals surface area (Å²) in [4.78, 5) is 0. The number of aryl methyl sites for hydroxylation is 1. The summed E-state index contributed by atoms with van der Waals surface area (Å²) in [7, 11) is 0. The van der Waals surface area contributed by atoms with Crippen LogP contribution in [0.3, 0.4) is 0 Å². The Morgan fingerprint density at radius 1 is 1.38 bits per heavy atom. The van der Waals surface area contributed by atoms with E-state index in [1.165, 1.54) is 5.56 Å². The molecule has 0 saturated heterocycles. The molecule has 0 radical (unpaired) electrons. The Hall–Kier alpha value is -0.670. The molecule has 90 valence electrons. The largest absolute Gasteiger partial charge is 0.489 e. The third-order valence-electron chi connectivity index (χ3n) is 2.50. The summed E-state index contributed by atoms with van der Waals surface area (Å²) in [6.45, 7) is 6.02. The zero-order valence-electron chi connectivity index (χ0n) is 10.1. The van der Waals surface area contributed by atoms with Crippen molar-refractivity contribution in [3.05, 3.63) is 29.8 Å². The number of ether oxygens (including phenoxy) is 1. The van der Waals surface area contributed by atoms with Gasteiger partial charge in [-0.2, -0.15) is 12.6 Å². The van der Waals surface area contributed by atoms with E-state index in [0.29, 0.717) is 0 Å². The van der Waals surface area contributed by atoms with Gasteiger partial charge < -0.3 is 10.1 Å². The quantitative estimate of drug-likeness (QED) is 0.564. The van der Waals surface area contributed by atoms with Crippen LogP contribution in [0, 0.1) is 6.92 Å². The number of rotatable bonds is 7. The Bertz CT molecular complexity index is 304. The van der Waals surface area contributed by atoms with E-state index in [1.54, 1.807) is 0 Å². The predicted molar refractivity (Wildman–Crippen MR) is 72.6 cm³/mol. The van der Waals surface area contributed by atoms with Gasteiger partial charge in [0.2, 0.25) is 0 Å². The highest BCUT2D eigenvalue weighted by Crippen LogP contribution is 2.18. The summed E-state index contributed by atoms with van der Waals surface area (Å²) in [6.07, 6.45) is 1.24. The molecule has 1 rings (SSSR count). The number of benzene rings is 1. The van der Waals surface area contributed by atoms with Crippen molar-refractivity contribution in [2.75, 3.05) is 18.8 Å². The van der Waals surface area contributed by atoms with E-state index in [0.717, 1.165) is 31.0 Å². The van der Waals surface area contributed by atoms with E-state index in [1.807, 2.05) is 18.2 Å². The van der Waals surface area contributed by atoms with Crippen LogP contribution < -0.4 is 10.1 Å². The maximum absolute atomic E-state index is 5.95. The highest BCUT2D eigenvalue weighted by Gasteiger charge is 2.08. The third kappa shape index (κ3) is 4.45. The van der Waals surface area contributed by atoms with E-state index >= 15 is 0 Å². The highest BCUT2D eigenvalue weighted by molar-refractivity contribution is 7.80. The first-order valence-corrected chi connectivity index (χ1v) is 6.45. The zero-order valence-corrected chi connectivity index (χ0v) is 11.0. The van der Waals surface area contributed by atoms with Gasteiger partial charge in [-0.25, -0.2) is 0 Å². The van der Waals surface area contributed by atoms with Crippen molar-refractivity contribution in [1.82, 2.24) is 5.32 Å². The average molecular weight is 239 g/mol. The number of nitrogens with one attached hydrogen (secondary N) is 1. The molecule has 1 atom stereocenters. The molecule has 0 bridgehead atoms. The molecule has 0 aliphatic heterocycles. The van der Waals surface area contributed by atoms with Crippen molar-refractivity contribution in [2.24, 2.45) is 0 Å². The van der Waals surface area contributed by atoms with Gasteiger partial charge in [0, 0.05) is 18.8 Å². The molecule has 0 unspecified atom stereocenters. The lowest BCUT2D eigenvalue weighted by molar-refractivity contribution is 0.193. The Labute approximate surface area is 104 Å². The van der Waals surface area contributed by atoms with Crippen LogP contribution in [0.1, 0.15) is 18.9 Å². The molecule has 0 fully saturated rings. The van der Waals surface area contributed by atoms with Crippen LogP contribution in [-0.4, -0.2) is 24.9 Å². The van der Waals surface area contributed by atoms with E-state index in [-0.39, 0.29) is 6.10 Å². The van der Waals surface area contributed by atoms with E-state index < -0.39 is 0 Å². The van der Waals surface area contributed by atoms with Crippen LogP contribution in [0.2, 0.25) is 0 Å². The van der Waals surface area contributed by atoms with E-state index in [9.17, 15) is 0 Å². The Balaban J connectivity index is 2.46. The third-order valence-corrected chi connectivity index (χ3v) is 2.73. The SMILES string of the molecule is CC[C@H](CNCCS)Oc1ccccc1C. The highest BCUT2D eigenvalue weighted by atomic mass is 32.1. The monoisotopic (exact) mass is 239 g/mol. The molecule has 0 heterocycles. The van der Waals surface area contributed by atoms with Gasteiger partial charge in [-0.3, -0.25) is 0 Å². The lowest BCUT2D eigenvalue weighted by atomic mass is 10.2. The molecule has 1 aromatic rings. The molecule has 0 aromatic heterocycles. The molecule has 0 amide bonds. The van der Waals surface area contributed by atoms with E-state index in [2.05, 4.69) is 37.9 Å². The normalized spacial score (nSPS) is 12.4. The summed E-state index contributed by atoms with van der Waals surface area (Å²) in [6, 6.07) is 8.14. The molecule has 3 heteroatoms. The summed E-state index contributed by atoms with van der Waals surface area (Å²) in [5.41, 5.74) is 1.19. The molecule has 0 aliphatic rings. The van der Waals surface area contributed by atoms with Crippen LogP contribution in [0.5, 0.6) is 5.75 Å². The standard InChI is InChI=1S/C13H21NOS/c1-3-12(10-14-8-9-16)15-13-7-5-4-6-11(13)2/h4-7,12,14,16H,3,8-10H2,1-2H3/t12-/m1/s1. The van der Waals surface area contributed by atoms with Gasteiger partial charge in [0.25, 0.3) is 0 Å². The average Bonchev–Trinajstić information content (AvgIpc) is 2.30. The fourth-order valence-electron chi connectivity index (χ4n) is 1.48. The molecular formula is C13H21NOS. The van der Waals surface area contributed by atoms with Gasteiger partial charge in [-0.05, 0) is 25.0 Å². The maximum Gasteiger partial charge on any atom is 0.122 e. The first kappa shape index (κ1) is 13.4. The minimum Gasteiger partial charge on any atom is -0.489 e. The van der Waals surface area contributed by atoms with Gasteiger partial charge >= 0.3 is 0 Å². The van der Waals surface area contributed by atoms with E-state index in [4.69, 9.17) is 4.74 Å². The number of thiol groups is 1. The summed E-state index contributed by atoms with van der Waals surface area (Å²) in [5.74, 6) is 1.85. The molecule has 0 aliphatic carbocycles. The van der Waals surface area contributed by atoms with Gasteiger partial charge in [0.1, 0.15) is 11.9 Å². The number of hydrogen-bond acceptors (Lipinski definition) is 3.